The fraction of sp³-hybridized carbons (Fsp3) is 0.324. The Bertz CT molecular complexity index is 1650. The lowest BCUT2D eigenvalue weighted by molar-refractivity contribution is -0.156. The van der Waals surface area contributed by atoms with Gasteiger partial charge in [0.1, 0.15) is 17.0 Å². The van der Waals surface area contributed by atoms with E-state index in [4.69, 9.17) is 26.1 Å². The zero-order chi connectivity index (χ0) is 33.6. The van der Waals surface area contributed by atoms with Crippen LogP contribution in [0.25, 0.3) is 0 Å². The van der Waals surface area contributed by atoms with Crippen molar-refractivity contribution in [1.29, 1.82) is 0 Å². The summed E-state index contributed by atoms with van der Waals surface area (Å²) >= 11 is 7.84. The molecule has 242 valence electrons. The van der Waals surface area contributed by atoms with Gasteiger partial charge in [-0.3, -0.25) is 9.89 Å². The van der Waals surface area contributed by atoms with Gasteiger partial charge in [-0.05, 0) is 76.2 Å². The molecule has 4 rings (SSSR count). The molecule has 1 heterocycles. The number of anilines is 1. The Hall–Kier alpha value is -4.01. The lowest BCUT2D eigenvalue weighted by atomic mass is 10.0. The molecule has 46 heavy (non-hydrogen) atoms. The lowest BCUT2D eigenvalue weighted by Crippen LogP contribution is -2.36. The smallest absolute Gasteiger partial charge is 0.414 e. The second kappa shape index (κ2) is 14.6. The van der Waals surface area contributed by atoms with Crippen molar-refractivity contribution in [3.05, 3.63) is 122 Å². The molecule has 0 saturated carbocycles. The lowest BCUT2D eigenvalue weighted by Gasteiger charge is -2.27. The van der Waals surface area contributed by atoms with Gasteiger partial charge in [0, 0.05) is 40.9 Å². The van der Waals surface area contributed by atoms with Crippen molar-refractivity contribution in [1.82, 2.24) is 0 Å². The van der Waals surface area contributed by atoms with Gasteiger partial charge in [-0.1, -0.05) is 72.3 Å². The van der Waals surface area contributed by atoms with Gasteiger partial charge < -0.3 is 9.47 Å². The van der Waals surface area contributed by atoms with E-state index in [-0.39, 0.29) is 12.8 Å². The summed E-state index contributed by atoms with van der Waals surface area (Å²) < 4.78 is 25.8. The summed E-state index contributed by atoms with van der Waals surface area (Å²) in [5.74, 6) is -0.906. The number of halogens is 2. The fourth-order valence-electron chi connectivity index (χ4n) is 4.80. The van der Waals surface area contributed by atoms with Crippen LogP contribution in [0.15, 0.2) is 89.2 Å². The van der Waals surface area contributed by atoms with Crippen LogP contribution in [-0.2, 0) is 27.1 Å². The van der Waals surface area contributed by atoms with Crippen LogP contribution >= 0.6 is 22.9 Å². The second-order valence-corrected chi connectivity index (χ2v) is 14.3. The number of hydrogen-bond acceptors (Lipinski definition) is 6. The van der Waals surface area contributed by atoms with E-state index in [9.17, 15) is 14.0 Å². The summed E-state index contributed by atoms with van der Waals surface area (Å²) in [5, 5.41) is 2.31. The number of esters is 1. The number of carbonyl (C=O) groups is 2. The number of aliphatic imine (C=N–C) groups is 1. The monoisotopic (exact) mass is 662 g/mol. The number of rotatable bonds is 9. The molecular formula is C37H40ClFN2O4S. The zero-order valence-electron chi connectivity index (χ0n) is 27.3. The molecule has 0 fully saturated rings. The number of nitrogens with zero attached hydrogens (tertiary/aromatic N) is 2. The van der Waals surface area contributed by atoms with Gasteiger partial charge in [-0.2, -0.15) is 0 Å². The highest BCUT2D eigenvalue weighted by atomic mass is 35.5. The summed E-state index contributed by atoms with van der Waals surface area (Å²) in [6.45, 7) is 10.8. The molecule has 0 radical (unpaired) electrons. The highest BCUT2D eigenvalue weighted by Gasteiger charge is 2.31. The molecule has 0 spiro atoms. The molecule has 1 aromatic heterocycles. The summed E-state index contributed by atoms with van der Waals surface area (Å²) in [4.78, 5) is 34.5. The third kappa shape index (κ3) is 9.50. The zero-order valence-corrected chi connectivity index (χ0v) is 28.8. The molecule has 1 amide bonds. The van der Waals surface area contributed by atoms with Crippen molar-refractivity contribution in [2.45, 2.75) is 71.6 Å². The Kier molecular flexibility index (Phi) is 11.1. The van der Waals surface area contributed by atoms with E-state index >= 15 is 0 Å². The number of thiophene rings is 1. The molecule has 0 unspecified atom stereocenters. The van der Waals surface area contributed by atoms with Crippen LogP contribution in [0.4, 0.5) is 14.9 Å². The van der Waals surface area contributed by atoms with Crippen LogP contribution in [0.5, 0.6) is 0 Å². The average Bonchev–Trinajstić information content (AvgIpc) is 3.37. The van der Waals surface area contributed by atoms with E-state index < -0.39 is 35.1 Å². The molecule has 6 nitrogen and oxygen atoms in total. The molecule has 0 aliphatic heterocycles. The minimum atomic E-state index is -0.954. The van der Waals surface area contributed by atoms with E-state index in [1.54, 1.807) is 27.8 Å². The Morgan fingerprint density at radius 3 is 1.98 bits per heavy atom. The first-order valence-electron chi connectivity index (χ1n) is 15.0. The predicted molar refractivity (Wildman–Crippen MR) is 185 cm³/mol. The minimum Gasteiger partial charge on any atom is -0.458 e. The highest BCUT2D eigenvalue weighted by Crippen LogP contribution is 2.37. The number of ether oxygens (including phenoxy) is 2. The molecule has 1 atom stereocenters. The van der Waals surface area contributed by atoms with Gasteiger partial charge in [0.05, 0.1) is 11.4 Å². The van der Waals surface area contributed by atoms with Gasteiger partial charge >= 0.3 is 12.1 Å². The van der Waals surface area contributed by atoms with E-state index in [2.05, 4.69) is 0 Å². The first-order chi connectivity index (χ1) is 21.6. The third-order valence-corrected chi connectivity index (χ3v) is 8.16. The number of benzene rings is 3. The maximum Gasteiger partial charge on any atom is 0.414 e. The predicted octanol–water partition coefficient (Wildman–Crippen LogP) is 9.29. The van der Waals surface area contributed by atoms with Crippen LogP contribution in [0.1, 0.15) is 68.7 Å². The molecule has 0 saturated heterocycles. The van der Waals surface area contributed by atoms with Crippen LogP contribution in [0.3, 0.4) is 0 Å². The topological polar surface area (TPSA) is 68.2 Å². The van der Waals surface area contributed by atoms with Gasteiger partial charge in [0.15, 0.2) is 6.04 Å². The van der Waals surface area contributed by atoms with Gasteiger partial charge in [0.25, 0.3) is 0 Å². The van der Waals surface area contributed by atoms with Crippen molar-refractivity contribution in [2.75, 3.05) is 11.9 Å². The van der Waals surface area contributed by atoms with E-state index in [0.717, 1.165) is 21.6 Å². The van der Waals surface area contributed by atoms with E-state index in [1.807, 2.05) is 86.8 Å². The number of hydrogen-bond donors (Lipinski definition) is 0. The molecule has 0 bridgehead atoms. The molecule has 0 aliphatic carbocycles. The first kappa shape index (κ1) is 34.9. The Morgan fingerprint density at radius 2 is 1.43 bits per heavy atom. The molecular weight excluding hydrogens is 623 g/mol. The van der Waals surface area contributed by atoms with Gasteiger partial charge in [-0.25, -0.2) is 14.0 Å². The average molecular weight is 663 g/mol. The quantitative estimate of drug-likeness (QED) is 0.132. The van der Waals surface area contributed by atoms with Crippen molar-refractivity contribution in [2.24, 2.45) is 4.99 Å². The standard InChI is InChI=1S/C37H40ClFN2O4S/c1-36(2,3)44-34(42)30(40-32(24-14-10-8-11-15-24)25-16-12-9-13-17-25)22-31-33(41(7)35(43)45-37(4,5)6)27(23-46-31)20-26-21-28(39)18-19-29(26)38/h8-19,21,23,30H,20,22H2,1-7H3/t30-/m1/s1. The summed E-state index contributed by atoms with van der Waals surface area (Å²) in [5.41, 5.74) is 2.71. The van der Waals surface area contributed by atoms with Crippen molar-refractivity contribution < 1.29 is 23.5 Å². The number of amides is 1. The Balaban J connectivity index is 1.85. The van der Waals surface area contributed by atoms with Crippen molar-refractivity contribution in [3.63, 3.8) is 0 Å². The van der Waals surface area contributed by atoms with Gasteiger partial charge in [-0.15, -0.1) is 11.3 Å². The van der Waals surface area contributed by atoms with Crippen LogP contribution in [0, 0.1) is 5.82 Å². The number of carbonyl (C=O) groups excluding carboxylic acids is 2. The van der Waals surface area contributed by atoms with Crippen LogP contribution in [-0.4, -0.2) is 42.1 Å². The summed E-state index contributed by atoms with van der Waals surface area (Å²) in [7, 11) is 1.63. The van der Waals surface area contributed by atoms with E-state index in [1.165, 1.54) is 34.4 Å². The molecule has 0 N–H and O–H groups in total. The second-order valence-electron chi connectivity index (χ2n) is 12.9. The largest absolute Gasteiger partial charge is 0.458 e. The Morgan fingerprint density at radius 1 is 0.870 bits per heavy atom. The normalized spacial score (nSPS) is 12.3. The van der Waals surface area contributed by atoms with Crippen LogP contribution in [0.2, 0.25) is 5.02 Å². The van der Waals surface area contributed by atoms with Gasteiger partial charge in [0.2, 0.25) is 0 Å². The molecule has 9 heteroatoms. The summed E-state index contributed by atoms with van der Waals surface area (Å²) in [6.07, 6.45) is -0.164. The van der Waals surface area contributed by atoms with Crippen molar-refractivity contribution in [3.8, 4) is 0 Å². The minimum absolute atomic E-state index is 0.141. The third-order valence-electron chi connectivity index (χ3n) is 6.74. The molecule has 4 aromatic rings. The maximum atomic E-state index is 14.2. The van der Waals surface area contributed by atoms with E-state index in [0.29, 0.717) is 22.0 Å². The fourth-order valence-corrected chi connectivity index (χ4v) is 6.10. The maximum absolute atomic E-state index is 14.2. The Labute approximate surface area is 279 Å². The van der Waals surface area contributed by atoms with Crippen LogP contribution < -0.4 is 4.90 Å². The molecule has 0 aliphatic rings. The SMILES string of the molecule is CN(C(=O)OC(C)(C)C)c1c(Cc2cc(F)ccc2Cl)csc1C[C@@H](N=C(c1ccccc1)c1ccccc1)C(=O)OC(C)(C)C. The molecule has 3 aromatic carbocycles. The first-order valence-corrected chi connectivity index (χ1v) is 16.3. The summed E-state index contributed by atoms with van der Waals surface area (Å²) in [6, 6.07) is 22.6. The van der Waals surface area contributed by atoms with Crippen molar-refractivity contribution >= 4 is 46.4 Å². The highest BCUT2D eigenvalue weighted by molar-refractivity contribution is 7.10.